The van der Waals surface area contributed by atoms with Crippen LogP contribution < -0.4 is 9.47 Å². The molecule has 0 spiro atoms. The first-order valence-electron chi connectivity index (χ1n) is 7.60. The van der Waals surface area contributed by atoms with Crippen molar-refractivity contribution in [2.75, 3.05) is 20.3 Å². The zero-order valence-corrected chi connectivity index (χ0v) is 13.6. The van der Waals surface area contributed by atoms with Gasteiger partial charge in [-0.2, -0.15) is 0 Å². The van der Waals surface area contributed by atoms with Crippen LogP contribution in [-0.4, -0.2) is 32.1 Å². The quantitative estimate of drug-likeness (QED) is 0.485. The first-order chi connectivity index (χ1) is 12.2. The van der Waals surface area contributed by atoms with E-state index in [0.29, 0.717) is 17.1 Å². The van der Waals surface area contributed by atoms with Crippen molar-refractivity contribution < 1.29 is 28.2 Å². The molecule has 0 saturated heterocycles. The summed E-state index contributed by atoms with van der Waals surface area (Å²) in [6.45, 7) is -0.690. The second-order valence-electron chi connectivity index (χ2n) is 5.20. The molecule has 128 valence electrons. The number of esters is 1. The molecule has 0 aliphatic carbocycles. The largest absolute Gasteiger partial charge is 0.497 e. The minimum Gasteiger partial charge on any atom is -0.497 e. The van der Waals surface area contributed by atoms with Gasteiger partial charge in [0, 0.05) is 5.39 Å². The first-order valence-corrected chi connectivity index (χ1v) is 7.60. The van der Waals surface area contributed by atoms with Gasteiger partial charge in [0.1, 0.15) is 17.1 Å². The van der Waals surface area contributed by atoms with Gasteiger partial charge in [0.2, 0.25) is 5.78 Å². The van der Waals surface area contributed by atoms with Gasteiger partial charge in [-0.3, -0.25) is 4.79 Å². The standard InChI is InChI=1S/C19H16O6/c1-22-14-6-8-15(9-7-14)23-12-19(21)24-11-16(20)18-10-13-4-2-3-5-17(13)25-18/h2-10H,11-12H2,1H3. The van der Waals surface area contributed by atoms with Crippen LogP contribution in [0.4, 0.5) is 0 Å². The van der Waals surface area contributed by atoms with Crippen LogP contribution in [0.25, 0.3) is 11.0 Å². The Kier molecular flexibility index (Phi) is 4.99. The fraction of sp³-hybridized carbons (Fsp3) is 0.158. The second kappa shape index (κ2) is 7.53. The van der Waals surface area contributed by atoms with Crippen LogP contribution in [0.15, 0.2) is 59.0 Å². The third-order valence-electron chi connectivity index (χ3n) is 3.48. The molecule has 3 aromatic rings. The number of furan rings is 1. The monoisotopic (exact) mass is 340 g/mol. The van der Waals surface area contributed by atoms with Crippen molar-refractivity contribution in [2.24, 2.45) is 0 Å². The van der Waals surface area contributed by atoms with Crippen molar-refractivity contribution in [2.45, 2.75) is 0 Å². The van der Waals surface area contributed by atoms with Crippen molar-refractivity contribution in [3.8, 4) is 11.5 Å². The van der Waals surface area contributed by atoms with Gasteiger partial charge in [0.05, 0.1) is 7.11 Å². The summed E-state index contributed by atoms with van der Waals surface area (Å²) in [5.74, 6) is 0.298. The van der Waals surface area contributed by atoms with Crippen molar-refractivity contribution in [1.29, 1.82) is 0 Å². The summed E-state index contributed by atoms with van der Waals surface area (Å²) < 4.78 is 20.7. The molecule has 0 aliphatic rings. The van der Waals surface area contributed by atoms with Gasteiger partial charge in [-0.25, -0.2) is 4.79 Å². The lowest BCUT2D eigenvalue weighted by atomic mass is 10.2. The SMILES string of the molecule is COc1ccc(OCC(=O)OCC(=O)c2cc3ccccc3o2)cc1. The van der Waals surface area contributed by atoms with Crippen molar-refractivity contribution in [3.63, 3.8) is 0 Å². The molecular formula is C19H16O6. The van der Waals surface area contributed by atoms with Crippen molar-refractivity contribution in [3.05, 3.63) is 60.4 Å². The highest BCUT2D eigenvalue weighted by Gasteiger charge is 2.15. The number of ketones is 1. The summed E-state index contributed by atoms with van der Waals surface area (Å²) in [5, 5.41) is 0.819. The Morgan fingerprint density at radius 3 is 2.40 bits per heavy atom. The predicted molar refractivity (Wildman–Crippen MR) is 90.0 cm³/mol. The molecule has 1 aromatic heterocycles. The Morgan fingerprint density at radius 2 is 1.68 bits per heavy atom. The van der Waals surface area contributed by atoms with E-state index < -0.39 is 18.4 Å². The van der Waals surface area contributed by atoms with E-state index in [1.54, 1.807) is 43.5 Å². The van der Waals surface area contributed by atoms with Gasteiger partial charge in [0.25, 0.3) is 0 Å². The maximum atomic E-state index is 12.0. The van der Waals surface area contributed by atoms with E-state index in [-0.39, 0.29) is 12.4 Å². The van der Waals surface area contributed by atoms with Crippen LogP contribution >= 0.6 is 0 Å². The number of methoxy groups -OCH3 is 1. The predicted octanol–water partition coefficient (Wildman–Crippen LogP) is 3.25. The van der Waals surface area contributed by atoms with Crippen molar-refractivity contribution >= 4 is 22.7 Å². The molecule has 25 heavy (non-hydrogen) atoms. The highest BCUT2D eigenvalue weighted by atomic mass is 16.6. The van der Waals surface area contributed by atoms with Gasteiger partial charge in [-0.05, 0) is 36.4 Å². The molecule has 0 unspecified atom stereocenters. The van der Waals surface area contributed by atoms with Gasteiger partial charge in [-0.1, -0.05) is 18.2 Å². The lowest BCUT2D eigenvalue weighted by Gasteiger charge is -2.07. The number of carbonyl (C=O) groups excluding carboxylic acids is 2. The number of Topliss-reactive ketones (excluding diaryl/α,β-unsaturated/α-hetero) is 1. The number of hydrogen-bond acceptors (Lipinski definition) is 6. The zero-order chi connectivity index (χ0) is 17.6. The first kappa shape index (κ1) is 16.6. The van der Waals surface area contributed by atoms with E-state index in [2.05, 4.69) is 0 Å². The third kappa shape index (κ3) is 4.17. The average molecular weight is 340 g/mol. The third-order valence-corrected chi connectivity index (χ3v) is 3.48. The Morgan fingerprint density at radius 1 is 0.960 bits per heavy atom. The molecule has 6 heteroatoms. The number of hydrogen-bond donors (Lipinski definition) is 0. The molecule has 0 saturated carbocycles. The van der Waals surface area contributed by atoms with Crippen molar-refractivity contribution in [1.82, 2.24) is 0 Å². The van der Waals surface area contributed by atoms with Crippen LogP contribution in [0.2, 0.25) is 0 Å². The summed E-state index contributed by atoms with van der Waals surface area (Å²) in [6, 6.07) is 15.7. The minimum atomic E-state index is -0.639. The van der Waals surface area contributed by atoms with E-state index in [4.69, 9.17) is 18.6 Å². The van der Waals surface area contributed by atoms with Gasteiger partial charge in [0.15, 0.2) is 19.0 Å². The number of benzene rings is 2. The minimum absolute atomic E-state index is 0.157. The van der Waals surface area contributed by atoms with Gasteiger partial charge in [-0.15, -0.1) is 0 Å². The highest BCUT2D eigenvalue weighted by Crippen LogP contribution is 2.19. The topological polar surface area (TPSA) is 75.0 Å². The molecule has 1 heterocycles. The van der Waals surface area contributed by atoms with Crippen LogP contribution in [0.3, 0.4) is 0 Å². The smallest absolute Gasteiger partial charge is 0.344 e. The molecule has 0 bridgehead atoms. The van der Waals surface area contributed by atoms with E-state index in [0.717, 1.165) is 5.39 Å². The number of fused-ring (bicyclic) bond motifs is 1. The molecule has 0 N–H and O–H groups in total. The molecule has 0 radical (unpaired) electrons. The normalized spacial score (nSPS) is 10.4. The summed E-state index contributed by atoms with van der Waals surface area (Å²) in [4.78, 5) is 23.7. The number of carbonyl (C=O) groups is 2. The molecule has 0 fully saturated rings. The Hall–Kier alpha value is -3.28. The molecule has 6 nitrogen and oxygen atoms in total. The fourth-order valence-corrected chi connectivity index (χ4v) is 2.19. The maximum Gasteiger partial charge on any atom is 0.344 e. The Labute approximate surface area is 143 Å². The Bertz CT molecular complexity index is 845. The highest BCUT2D eigenvalue weighted by molar-refractivity contribution is 5.99. The number of rotatable bonds is 7. The summed E-state index contributed by atoms with van der Waals surface area (Å²) in [6.07, 6.45) is 0. The van der Waals surface area contributed by atoms with E-state index in [1.807, 2.05) is 18.2 Å². The van der Waals surface area contributed by atoms with Gasteiger partial charge < -0.3 is 18.6 Å². The molecule has 0 amide bonds. The van der Waals surface area contributed by atoms with Crippen LogP contribution in [0.1, 0.15) is 10.6 Å². The lowest BCUT2D eigenvalue weighted by Crippen LogP contribution is -2.19. The zero-order valence-electron chi connectivity index (χ0n) is 13.6. The number of para-hydroxylation sites is 1. The molecular weight excluding hydrogens is 324 g/mol. The lowest BCUT2D eigenvalue weighted by molar-refractivity contribution is -0.144. The fourth-order valence-electron chi connectivity index (χ4n) is 2.19. The molecule has 0 aliphatic heterocycles. The second-order valence-corrected chi connectivity index (χ2v) is 5.20. The average Bonchev–Trinajstić information content (AvgIpc) is 3.09. The van der Waals surface area contributed by atoms with Crippen LogP contribution in [0, 0.1) is 0 Å². The molecule has 2 aromatic carbocycles. The maximum absolute atomic E-state index is 12.0. The number of ether oxygens (including phenoxy) is 3. The summed E-state index contributed by atoms with van der Waals surface area (Å²) in [5.41, 5.74) is 0.611. The molecule has 3 rings (SSSR count). The summed E-state index contributed by atoms with van der Waals surface area (Å²) in [7, 11) is 1.56. The van der Waals surface area contributed by atoms with E-state index in [9.17, 15) is 9.59 Å². The van der Waals surface area contributed by atoms with E-state index in [1.165, 1.54) is 0 Å². The van der Waals surface area contributed by atoms with Crippen LogP contribution in [0.5, 0.6) is 11.5 Å². The molecule has 0 atom stereocenters. The van der Waals surface area contributed by atoms with Crippen LogP contribution in [-0.2, 0) is 9.53 Å². The summed E-state index contributed by atoms with van der Waals surface area (Å²) >= 11 is 0. The Balaban J connectivity index is 1.48. The van der Waals surface area contributed by atoms with E-state index >= 15 is 0 Å². The van der Waals surface area contributed by atoms with Gasteiger partial charge >= 0.3 is 5.97 Å².